The lowest BCUT2D eigenvalue weighted by Gasteiger charge is -2.20. The predicted octanol–water partition coefficient (Wildman–Crippen LogP) is 2.65. The van der Waals surface area contributed by atoms with E-state index < -0.39 is 12.1 Å². The van der Waals surface area contributed by atoms with E-state index in [9.17, 15) is 14.4 Å². The minimum Gasteiger partial charge on any atom is -0.494 e. The van der Waals surface area contributed by atoms with Gasteiger partial charge in [0, 0.05) is 12.0 Å². The van der Waals surface area contributed by atoms with E-state index in [-0.39, 0.29) is 18.2 Å². The maximum Gasteiger partial charge on any atom is 0.326 e. The average molecular weight is 347 g/mol. The van der Waals surface area contributed by atoms with Crippen molar-refractivity contribution in [2.24, 2.45) is 0 Å². The Morgan fingerprint density at radius 1 is 1.20 bits per heavy atom. The lowest BCUT2D eigenvalue weighted by Crippen LogP contribution is -2.36. The molecule has 0 saturated heterocycles. The highest BCUT2D eigenvalue weighted by Crippen LogP contribution is 2.17. The second-order valence-electron chi connectivity index (χ2n) is 6.10. The molecule has 0 aromatic heterocycles. The van der Waals surface area contributed by atoms with Gasteiger partial charge in [0.2, 0.25) is 0 Å². The summed E-state index contributed by atoms with van der Waals surface area (Å²) in [5.74, 6) is -0.287. The first-order chi connectivity index (χ1) is 12.1. The number of carbonyl (C=O) groups excluding carboxylic acids is 3. The molecule has 0 heterocycles. The van der Waals surface area contributed by atoms with Crippen LogP contribution in [0.4, 0.5) is 0 Å². The molecule has 1 saturated carbocycles. The van der Waals surface area contributed by atoms with Crippen LogP contribution in [0, 0.1) is 0 Å². The van der Waals surface area contributed by atoms with Crippen molar-refractivity contribution >= 4 is 17.7 Å². The zero-order chi connectivity index (χ0) is 18.1. The molecule has 0 radical (unpaired) electrons. The summed E-state index contributed by atoms with van der Waals surface area (Å²) in [5.41, 5.74) is 0.435. The quantitative estimate of drug-likeness (QED) is 0.577. The second-order valence-corrected chi connectivity index (χ2v) is 6.10. The van der Waals surface area contributed by atoms with Crippen molar-refractivity contribution in [1.29, 1.82) is 0 Å². The Balaban J connectivity index is 1.75. The first-order valence-electron chi connectivity index (χ1n) is 8.83. The Kier molecular flexibility index (Phi) is 7.44. The van der Waals surface area contributed by atoms with E-state index in [1.54, 1.807) is 24.3 Å². The Bertz CT molecular complexity index is 596. The van der Waals surface area contributed by atoms with Crippen LogP contribution in [-0.2, 0) is 14.3 Å². The lowest BCUT2D eigenvalue weighted by molar-refractivity contribution is -0.155. The maximum absolute atomic E-state index is 12.1. The van der Waals surface area contributed by atoms with Gasteiger partial charge >= 0.3 is 5.97 Å². The third kappa shape index (κ3) is 6.21. The average Bonchev–Trinajstić information content (AvgIpc) is 2.62. The Morgan fingerprint density at radius 2 is 1.96 bits per heavy atom. The first-order valence-corrected chi connectivity index (χ1v) is 8.83. The van der Waals surface area contributed by atoms with Crippen LogP contribution in [0.2, 0.25) is 0 Å². The number of hydrogen-bond acceptors (Lipinski definition) is 5. The Labute approximate surface area is 147 Å². The van der Waals surface area contributed by atoms with Crippen molar-refractivity contribution in [1.82, 2.24) is 5.32 Å². The van der Waals surface area contributed by atoms with Crippen LogP contribution in [0.25, 0.3) is 0 Å². The number of Topliss-reactive ketones (excluding diaryl/α,β-unsaturated/α-hetero) is 1. The molecule has 2 rings (SSSR count). The molecule has 1 aliphatic carbocycles. The van der Waals surface area contributed by atoms with Gasteiger partial charge in [-0.2, -0.15) is 0 Å². The van der Waals surface area contributed by atoms with Crippen molar-refractivity contribution in [2.75, 3.05) is 13.2 Å². The molecule has 1 fully saturated rings. The molecule has 1 atom stereocenters. The molecule has 0 unspecified atom stereocenters. The number of carbonyl (C=O) groups is 3. The summed E-state index contributed by atoms with van der Waals surface area (Å²) in [6, 6.07) is 6.74. The van der Waals surface area contributed by atoms with E-state index in [0.29, 0.717) is 30.8 Å². The summed E-state index contributed by atoms with van der Waals surface area (Å²) in [6.07, 6.45) is 4.13. The molecule has 1 amide bonds. The number of unbranched alkanes of at least 4 members (excludes halogenated alkanes) is 1. The summed E-state index contributed by atoms with van der Waals surface area (Å²) < 4.78 is 10.7. The van der Waals surface area contributed by atoms with Crippen LogP contribution in [0.5, 0.6) is 5.75 Å². The van der Waals surface area contributed by atoms with E-state index in [4.69, 9.17) is 9.47 Å². The lowest BCUT2D eigenvalue weighted by atomic mass is 9.96. The zero-order valence-corrected chi connectivity index (χ0v) is 14.6. The zero-order valence-electron chi connectivity index (χ0n) is 14.6. The summed E-state index contributed by atoms with van der Waals surface area (Å²) in [7, 11) is 0. The smallest absolute Gasteiger partial charge is 0.326 e. The van der Waals surface area contributed by atoms with Gasteiger partial charge in [0.1, 0.15) is 12.3 Å². The summed E-state index contributed by atoms with van der Waals surface area (Å²) in [4.78, 5) is 35.5. The molecule has 1 aromatic carbocycles. The van der Waals surface area contributed by atoms with E-state index in [0.717, 1.165) is 25.7 Å². The van der Waals surface area contributed by atoms with E-state index in [1.807, 2.05) is 0 Å². The van der Waals surface area contributed by atoms with E-state index in [1.165, 1.54) is 0 Å². The predicted molar refractivity (Wildman–Crippen MR) is 92.5 cm³/mol. The number of hydrogen-bond donors (Lipinski definition) is 1. The molecule has 136 valence electrons. The van der Waals surface area contributed by atoms with Crippen LogP contribution in [0.1, 0.15) is 55.8 Å². The van der Waals surface area contributed by atoms with E-state index >= 15 is 0 Å². The molecule has 6 heteroatoms. The van der Waals surface area contributed by atoms with Gasteiger partial charge in [0.25, 0.3) is 5.91 Å². The third-order valence-electron chi connectivity index (χ3n) is 4.05. The standard InChI is InChI=1S/C19H25NO5/c1-2-3-12-24-15-10-8-14(9-11-15)19(23)20-13-18(22)25-17-7-5-4-6-16(17)21/h8-11,17H,2-7,12-13H2,1H3,(H,20,23)/t17-/m1/s1. The normalized spacial score (nSPS) is 17.0. The van der Waals surface area contributed by atoms with Crippen LogP contribution < -0.4 is 10.1 Å². The first kappa shape index (κ1) is 19.0. The number of rotatable bonds is 8. The minimum atomic E-state index is -0.655. The molecule has 25 heavy (non-hydrogen) atoms. The molecule has 1 N–H and O–H groups in total. The fourth-order valence-corrected chi connectivity index (χ4v) is 2.57. The van der Waals surface area contributed by atoms with Gasteiger partial charge in [-0.25, -0.2) is 0 Å². The minimum absolute atomic E-state index is 0.0374. The monoisotopic (exact) mass is 347 g/mol. The van der Waals surface area contributed by atoms with Crippen molar-refractivity contribution in [2.45, 2.75) is 51.6 Å². The summed E-state index contributed by atoms with van der Waals surface area (Å²) in [5, 5.41) is 2.51. The van der Waals surface area contributed by atoms with Crippen LogP contribution in [0.3, 0.4) is 0 Å². The number of benzene rings is 1. The van der Waals surface area contributed by atoms with Gasteiger partial charge in [-0.05, 0) is 49.9 Å². The van der Waals surface area contributed by atoms with Gasteiger partial charge in [0.15, 0.2) is 11.9 Å². The summed E-state index contributed by atoms with van der Waals surface area (Å²) >= 11 is 0. The third-order valence-corrected chi connectivity index (χ3v) is 4.05. The largest absolute Gasteiger partial charge is 0.494 e. The fraction of sp³-hybridized carbons (Fsp3) is 0.526. The number of ketones is 1. The van der Waals surface area contributed by atoms with Crippen molar-refractivity contribution in [3.63, 3.8) is 0 Å². The number of amides is 1. The molecular weight excluding hydrogens is 322 g/mol. The Hall–Kier alpha value is -2.37. The van der Waals surface area contributed by atoms with Crippen molar-refractivity contribution in [3.8, 4) is 5.75 Å². The highest BCUT2D eigenvalue weighted by molar-refractivity contribution is 5.96. The van der Waals surface area contributed by atoms with Crippen LogP contribution >= 0.6 is 0 Å². The van der Waals surface area contributed by atoms with E-state index in [2.05, 4.69) is 12.2 Å². The number of esters is 1. The highest BCUT2D eigenvalue weighted by Gasteiger charge is 2.25. The number of ether oxygens (including phenoxy) is 2. The molecule has 0 spiro atoms. The van der Waals surface area contributed by atoms with Gasteiger partial charge < -0.3 is 14.8 Å². The maximum atomic E-state index is 12.1. The molecule has 0 aliphatic heterocycles. The molecule has 1 aliphatic rings. The van der Waals surface area contributed by atoms with Crippen molar-refractivity contribution in [3.05, 3.63) is 29.8 Å². The molecule has 1 aromatic rings. The second kappa shape index (κ2) is 9.81. The summed E-state index contributed by atoms with van der Waals surface area (Å²) in [6.45, 7) is 2.48. The topological polar surface area (TPSA) is 81.7 Å². The Morgan fingerprint density at radius 3 is 2.64 bits per heavy atom. The molecule has 6 nitrogen and oxygen atoms in total. The molecule has 0 bridgehead atoms. The van der Waals surface area contributed by atoms with Crippen LogP contribution in [-0.4, -0.2) is 36.9 Å². The van der Waals surface area contributed by atoms with Gasteiger partial charge in [-0.1, -0.05) is 13.3 Å². The van der Waals surface area contributed by atoms with Gasteiger partial charge in [0.05, 0.1) is 6.61 Å². The number of nitrogens with one attached hydrogen (secondary N) is 1. The highest BCUT2D eigenvalue weighted by atomic mass is 16.5. The SMILES string of the molecule is CCCCOc1ccc(C(=O)NCC(=O)O[C@@H]2CCCCC2=O)cc1. The van der Waals surface area contributed by atoms with Crippen molar-refractivity contribution < 1.29 is 23.9 Å². The van der Waals surface area contributed by atoms with Gasteiger partial charge in [-0.15, -0.1) is 0 Å². The van der Waals surface area contributed by atoms with Gasteiger partial charge in [-0.3, -0.25) is 14.4 Å². The fourth-order valence-electron chi connectivity index (χ4n) is 2.57. The van der Waals surface area contributed by atoms with Crippen LogP contribution in [0.15, 0.2) is 24.3 Å². The molecular formula is C19H25NO5.